The maximum atomic E-state index is 13.1. The van der Waals surface area contributed by atoms with Crippen molar-refractivity contribution in [1.82, 2.24) is 5.32 Å². The lowest BCUT2D eigenvalue weighted by Gasteiger charge is -2.13. The van der Waals surface area contributed by atoms with E-state index < -0.39 is 41.0 Å². The van der Waals surface area contributed by atoms with Gasteiger partial charge in [0.25, 0.3) is 5.91 Å². The van der Waals surface area contributed by atoms with Gasteiger partial charge in [0, 0.05) is 5.56 Å². The smallest absolute Gasteiger partial charge is 0.416 e. The molecule has 1 amide bonds. The number of carbonyl (C=O) groups is 2. The van der Waals surface area contributed by atoms with Crippen molar-refractivity contribution in [3.8, 4) is 0 Å². The van der Waals surface area contributed by atoms with Crippen molar-refractivity contribution in [2.75, 3.05) is 0 Å². The van der Waals surface area contributed by atoms with E-state index in [-0.39, 0.29) is 12.5 Å². The molecule has 8 heteroatoms. The Morgan fingerprint density at radius 2 is 1.90 bits per heavy atom. The molecule has 110 valence electrons. The van der Waals surface area contributed by atoms with Crippen molar-refractivity contribution in [3.63, 3.8) is 0 Å². The molecule has 0 aliphatic heterocycles. The third-order valence-corrected chi connectivity index (χ3v) is 2.50. The molecule has 1 aromatic carbocycles. The number of nitrogens with one attached hydrogen (secondary N) is 1. The van der Waals surface area contributed by atoms with Gasteiger partial charge < -0.3 is 10.4 Å². The first-order valence-electron chi connectivity index (χ1n) is 5.56. The predicted octanol–water partition coefficient (Wildman–Crippen LogP) is 2.44. The van der Waals surface area contributed by atoms with Crippen LogP contribution in [0.15, 0.2) is 18.2 Å². The van der Waals surface area contributed by atoms with E-state index in [2.05, 4.69) is 0 Å². The molecule has 0 heterocycles. The minimum absolute atomic E-state index is 0.0442. The molecule has 0 spiro atoms. The number of alkyl halides is 3. The zero-order valence-corrected chi connectivity index (χ0v) is 10.3. The molecule has 0 aliphatic rings. The van der Waals surface area contributed by atoms with Gasteiger partial charge in [0.2, 0.25) is 0 Å². The average molecular weight is 293 g/mol. The van der Waals surface area contributed by atoms with E-state index in [1.54, 1.807) is 0 Å². The highest BCUT2D eigenvalue weighted by Gasteiger charge is 2.32. The van der Waals surface area contributed by atoms with Crippen LogP contribution in [0.4, 0.5) is 17.6 Å². The third kappa shape index (κ3) is 3.94. The average Bonchev–Trinajstić information content (AvgIpc) is 2.33. The fraction of sp³-hybridized carbons (Fsp3) is 0.333. The number of hydrogen-bond acceptors (Lipinski definition) is 2. The minimum Gasteiger partial charge on any atom is -0.480 e. The lowest BCUT2D eigenvalue weighted by molar-refractivity contribution is -0.139. The van der Waals surface area contributed by atoms with Gasteiger partial charge in [-0.25, -0.2) is 9.18 Å². The van der Waals surface area contributed by atoms with Gasteiger partial charge in [-0.1, -0.05) is 6.92 Å². The topological polar surface area (TPSA) is 66.4 Å². The third-order valence-electron chi connectivity index (χ3n) is 2.50. The monoisotopic (exact) mass is 293 g/mol. The van der Waals surface area contributed by atoms with E-state index in [9.17, 15) is 27.2 Å². The van der Waals surface area contributed by atoms with Gasteiger partial charge in [0.1, 0.15) is 11.9 Å². The number of hydrogen-bond donors (Lipinski definition) is 2. The van der Waals surface area contributed by atoms with Gasteiger partial charge >= 0.3 is 12.1 Å². The number of aliphatic carboxylic acids is 1. The Balaban J connectivity index is 3.05. The fourth-order valence-electron chi connectivity index (χ4n) is 1.46. The molecule has 0 fully saturated rings. The molecule has 1 atom stereocenters. The summed E-state index contributed by atoms with van der Waals surface area (Å²) in [6, 6.07) is 0.0809. The first kappa shape index (κ1) is 15.9. The normalized spacial score (nSPS) is 12.8. The SMILES string of the molecule is CCC(NC(=O)c1cc(F)cc(C(F)(F)F)c1)C(=O)O. The van der Waals surface area contributed by atoms with Crippen LogP contribution in [0.2, 0.25) is 0 Å². The molecule has 1 aromatic rings. The van der Waals surface area contributed by atoms with Crippen LogP contribution in [0.25, 0.3) is 0 Å². The van der Waals surface area contributed by atoms with E-state index in [0.29, 0.717) is 12.1 Å². The van der Waals surface area contributed by atoms with E-state index in [1.807, 2.05) is 5.32 Å². The summed E-state index contributed by atoms with van der Waals surface area (Å²) < 4.78 is 50.5. The van der Waals surface area contributed by atoms with Crippen molar-refractivity contribution in [2.45, 2.75) is 25.6 Å². The zero-order valence-electron chi connectivity index (χ0n) is 10.3. The summed E-state index contributed by atoms with van der Waals surface area (Å²) >= 11 is 0. The number of halogens is 4. The van der Waals surface area contributed by atoms with Crippen LogP contribution in [-0.4, -0.2) is 23.0 Å². The zero-order chi connectivity index (χ0) is 15.5. The van der Waals surface area contributed by atoms with Gasteiger partial charge in [-0.2, -0.15) is 13.2 Å². The first-order valence-corrected chi connectivity index (χ1v) is 5.56. The number of benzene rings is 1. The highest BCUT2D eigenvalue weighted by atomic mass is 19.4. The Hall–Kier alpha value is -2.12. The maximum absolute atomic E-state index is 13.1. The first-order chi connectivity index (χ1) is 9.15. The molecular formula is C12H11F4NO3. The molecule has 4 nitrogen and oxygen atoms in total. The summed E-state index contributed by atoms with van der Waals surface area (Å²) in [4.78, 5) is 22.4. The van der Waals surface area contributed by atoms with Crippen molar-refractivity contribution in [1.29, 1.82) is 0 Å². The summed E-state index contributed by atoms with van der Waals surface area (Å²) in [5.74, 6) is -3.63. The maximum Gasteiger partial charge on any atom is 0.416 e. The van der Waals surface area contributed by atoms with E-state index in [1.165, 1.54) is 6.92 Å². The van der Waals surface area contributed by atoms with Crippen molar-refractivity contribution in [2.24, 2.45) is 0 Å². The Bertz CT molecular complexity index is 528. The Morgan fingerprint density at radius 3 is 2.35 bits per heavy atom. The van der Waals surface area contributed by atoms with Crippen LogP contribution in [0, 0.1) is 5.82 Å². The molecule has 1 rings (SSSR count). The summed E-state index contributed by atoms with van der Waals surface area (Å²) in [6.45, 7) is 1.48. The second-order valence-electron chi connectivity index (χ2n) is 4.00. The van der Waals surface area contributed by atoms with Gasteiger partial charge in [-0.3, -0.25) is 4.79 Å². The lowest BCUT2D eigenvalue weighted by atomic mass is 10.1. The number of carboxylic acid groups (broad SMARTS) is 1. The standard InChI is InChI=1S/C12H11F4NO3/c1-2-9(11(19)20)17-10(18)6-3-7(12(14,15)16)5-8(13)4-6/h3-5,9H,2H2,1H3,(H,17,18)(H,19,20). The predicted molar refractivity (Wildman–Crippen MR) is 60.6 cm³/mol. The molecule has 0 aromatic heterocycles. The van der Waals surface area contributed by atoms with Gasteiger partial charge in [0.05, 0.1) is 5.56 Å². The van der Waals surface area contributed by atoms with Crippen LogP contribution >= 0.6 is 0 Å². The van der Waals surface area contributed by atoms with E-state index >= 15 is 0 Å². The molecule has 0 aliphatic carbocycles. The quantitative estimate of drug-likeness (QED) is 0.838. The highest BCUT2D eigenvalue weighted by molar-refractivity contribution is 5.96. The molecule has 0 bridgehead atoms. The van der Waals surface area contributed by atoms with Crippen molar-refractivity contribution >= 4 is 11.9 Å². The van der Waals surface area contributed by atoms with Gasteiger partial charge in [0.15, 0.2) is 0 Å². The van der Waals surface area contributed by atoms with Gasteiger partial charge in [-0.15, -0.1) is 0 Å². The van der Waals surface area contributed by atoms with Gasteiger partial charge in [-0.05, 0) is 24.6 Å². The number of carbonyl (C=O) groups excluding carboxylic acids is 1. The van der Waals surface area contributed by atoms with Crippen molar-refractivity contribution in [3.05, 3.63) is 35.1 Å². The van der Waals surface area contributed by atoms with E-state index in [4.69, 9.17) is 5.11 Å². The highest BCUT2D eigenvalue weighted by Crippen LogP contribution is 2.30. The lowest BCUT2D eigenvalue weighted by Crippen LogP contribution is -2.40. The molecular weight excluding hydrogens is 282 g/mol. The van der Waals surface area contributed by atoms with Crippen LogP contribution < -0.4 is 5.32 Å². The van der Waals surface area contributed by atoms with Crippen LogP contribution in [0.5, 0.6) is 0 Å². The van der Waals surface area contributed by atoms with Crippen molar-refractivity contribution < 1.29 is 32.3 Å². The molecule has 0 radical (unpaired) electrons. The molecule has 2 N–H and O–H groups in total. The summed E-state index contributed by atoms with van der Waals surface area (Å²) in [7, 11) is 0. The van der Waals surface area contributed by atoms with Crippen LogP contribution in [0.3, 0.4) is 0 Å². The summed E-state index contributed by atoms with van der Waals surface area (Å²) in [5.41, 5.74) is -1.90. The minimum atomic E-state index is -4.80. The largest absolute Gasteiger partial charge is 0.480 e. The second-order valence-corrected chi connectivity index (χ2v) is 4.00. The van der Waals surface area contributed by atoms with Crippen LogP contribution in [-0.2, 0) is 11.0 Å². The number of rotatable bonds is 4. The molecule has 0 saturated heterocycles. The van der Waals surface area contributed by atoms with E-state index in [0.717, 1.165) is 0 Å². The Labute approximate surface area is 111 Å². The molecule has 0 saturated carbocycles. The summed E-state index contributed by atoms with van der Waals surface area (Å²) in [5, 5.41) is 10.8. The summed E-state index contributed by atoms with van der Waals surface area (Å²) in [6.07, 6.45) is -4.75. The number of carboxylic acids is 1. The van der Waals surface area contributed by atoms with Crippen LogP contribution in [0.1, 0.15) is 29.3 Å². The molecule has 20 heavy (non-hydrogen) atoms. The second kappa shape index (κ2) is 5.89. The number of amides is 1. The fourth-order valence-corrected chi connectivity index (χ4v) is 1.46. The Morgan fingerprint density at radius 1 is 1.30 bits per heavy atom. The Kier molecular flexibility index (Phi) is 4.69. The molecule has 1 unspecified atom stereocenters.